The minimum atomic E-state index is -0.0846. The highest BCUT2D eigenvalue weighted by Gasteiger charge is 2.33. The van der Waals surface area contributed by atoms with Crippen molar-refractivity contribution in [3.63, 3.8) is 0 Å². The molecular formula is C28H25N3O3. The largest absolute Gasteiger partial charge is 0.477 e. The van der Waals surface area contributed by atoms with Gasteiger partial charge in [0, 0.05) is 65.8 Å². The van der Waals surface area contributed by atoms with Gasteiger partial charge in [0.2, 0.25) is 5.78 Å². The number of ketones is 1. The van der Waals surface area contributed by atoms with Crippen molar-refractivity contribution in [2.45, 2.75) is 33.5 Å². The summed E-state index contributed by atoms with van der Waals surface area (Å²) in [6.45, 7) is 6.86. The first-order valence-corrected chi connectivity index (χ1v) is 11.5. The second-order valence-electron chi connectivity index (χ2n) is 8.82. The molecule has 0 spiro atoms. The number of Topliss-reactive ketones (excluding diaryl/α,β-unsaturated/α-hetero) is 1. The summed E-state index contributed by atoms with van der Waals surface area (Å²) in [6.07, 6.45) is 7.59. The number of aryl methyl sites for hydroxylation is 1. The first-order chi connectivity index (χ1) is 16.6. The standard InChI is InChI=1S/C28H25N3O3/c1-3-31-16-20(22-8-4-5-9-24(22)31)12-25-26(32)23-11-21-15-30(14-19-7-6-10-29-13-19)17-33-27(21)18(2)28(23)34-25/h4-13,16H,3,14-15,17H2,1-2H3/b25-12-. The molecule has 0 saturated heterocycles. The second-order valence-corrected chi connectivity index (χ2v) is 8.82. The number of carbonyl (C=O) groups is 1. The number of aromatic nitrogens is 2. The average Bonchev–Trinajstić information content (AvgIpc) is 3.38. The van der Waals surface area contributed by atoms with Gasteiger partial charge in [-0.1, -0.05) is 24.3 Å². The fourth-order valence-corrected chi connectivity index (χ4v) is 4.94. The van der Waals surface area contributed by atoms with Crippen molar-refractivity contribution >= 4 is 22.8 Å². The molecule has 170 valence electrons. The van der Waals surface area contributed by atoms with E-state index in [1.165, 1.54) is 0 Å². The van der Waals surface area contributed by atoms with Crippen molar-refractivity contribution in [2.24, 2.45) is 0 Å². The fourth-order valence-electron chi connectivity index (χ4n) is 4.94. The van der Waals surface area contributed by atoms with Crippen molar-refractivity contribution in [1.82, 2.24) is 14.5 Å². The molecule has 6 rings (SSSR count). The van der Waals surface area contributed by atoms with Crippen LogP contribution in [0.25, 0.3) is 17.0 Å². The minimum absolute atomic E-state index is 0.0846. The summed E-state index contributed by atoms with van der Waals surface area (Å²) in [6, 6.07) is 14.2. The topological polar surface area (TPSA) is 56.6 Å². The van der Waals surface area contributed by atoms with Crippen LogP contribution in [-0.4, -0.2) is 27.0 Å². The Balaban J connectivity index is 1.33. The van der Waals surface area contributed by atoms with Crippen LogP contribution in [0.1, 0.15) is 39.5 Å². The number of hydrogen-bond acceptors (Lipinski definition) is 5. The minimum Gasteiger partial charge on any atom is -0.477 e. The third-order valence-corrected chi connectivity index (χ3v) is 6.58. The van der Waals surface area contributed by atoms with E-state index in [1.54, 1.807) is 6.20 Å². The van der Waals surface area contributed by atoms with Gasteiger partial charge >= 0.3 is 0 Å². The molecule has 2 aromatic carbocycles. The van der Waals surface area contributed by atoms with Crippen LogP contribution in [0.4, 0.5) is 0 Å². The smallest absolute Gasteiger partial charge is 0.231 e. The van der Waals surface area contributed by atoms with Gasteiger partial charge in [-0.05, 0) is 43.7 Å². The van der Waals surface area contributed by atoms with Gasteiger partial charge in [-0.3, -0.25) is 14.7 Å². The van der Waals surface area contributed by atoms with E-state index < -0.39 is 0 Å². The van der Waals surface area contributed by atoms with Crippen LogP contribution in [-0.2, 0) is 19.6 Å². The van der Waals surface area contributed by atoms with E-state index in [-0.39, 0.29) is 5.78 Å². The lowest BCUT2D eigenvalue weighted by molar-refractivity contribution is 0.0876. The molecule has 6 nitrogen and oxygen atoms in total. The normalized spacial score (nSPS) is 16.4. The van der Waals surface area contributed by atoms with E-state index in [1.807, 2.05) is 43.5 Å². The lowest BCUT2D eigenvalue weighted by Gasteiger charge is -2.30. The molecule has 0 unspecified atom stereocenters. The van der Waals surface area contributed by atoms with Crippen LogP contribution >= 0.6 is 0 Å². The van der Waals surface area contributed by atoms with Gasteiger partial charge in [-0.25, -0.2) is 0 Å². The average molecular weight is 452 g/mol. The summed E-state index contributed by atoms with van der Waals surface area (Å²) in [5.41, 5.74) is 5.74. The number of benzene rings is 2. The molecule has 0 aliphatic carbocycles. The Morgan fingerprint density at radius 3 is 2.85 bits per heavy atom. The fraction of sp³-hybridized carbons (Fsp3) is 0.214. The molecule has 2 aliphatic rings. The summed E-state index contributed by atoms with van der Waals surface area (Å²) >= 11 is 0. The number of nitrogens with zero attached hydrogens (tertiary/aromatic N) is 3. The summed E-state index contributed by atoms with van der Waals surface area (Å²) < 4.78 is 14.4. The Bertz CT molecular complexity index is 1450. The van der Waals surface area contributed by atoms with Crippen LogP contribution in [0.2, 0.25) is 0 Å². The zero-order valence-electron chi connectivity index (χ0n) is 19.2. The molecule has 2 aliphatic heterocycles. The molecule has 6 heteroatoms. The second kappa shape index (κ2) is 8.15. The van der Waals surface area contributed by atoms with Crippen LogP contribution in [0.3, 0.4) is 0 Å². The van der Waals surface area contributed by atoms with E-state index in [0.29, 0.717) is 30.3 Å². The van der Waals surface area contributed by atoms with E-state index >= 15 is 0 Å². The maximum atomic E-state index is 13.4. The van der Waals surface area contributed by atoms with Gasteiger partial charge < -0.3 is 14.0 Å². The van der Waals surface area contributed by atoms with E-state index in [0.717, 1.165) is 52.0 Å². The van der Waals surface area contributed by atoms with Gasteiger partial charge in [0.25, 0.3) is 0 Å². The molecule has 0 amide bonds. The molecule has 0 radical (unpaired) electrons. The predicted octanol–water partition coefficient (Wildman–Crippen LogP) is 5.33. The molecule has 0 fully saturated rings. The molecule has 0 saturated carbocycles. The van der Waals surface area contributed by atoms with Crippen molar-refractivity contribution in [3.05, 3.63) is 94.6 Å². The number of ether oxygens (including phenoxy) is 2. The maximum absolute atomic E-state index is 13.4. The Hall–Kier alpha value is -3.90. The molecular weight excluding hydrogens is 426 g/mol. The highest BCUT2D eigenvalue weighted by molar-refractivity contribution is 6.15. The Morgan fingerprint density at radius 1 is 1.15 bits per heavy atom. The Labute approximate surface area is 198 Å². The molecule has 0 bridgehead atoms. The number of para-hydroxylation sites is 1. The van der Waals surface area contributed by atoms with Crippen molar-refractivity contribution in [1.29, 1.82) is 0 Å². The Morgan fingerprint density at radius 2 is 2.03 bits per heavy atom. The van der Waals surface area contributed by atoms with Crippen LogP contribution in [0, 0.1) is 6.92 Å². The number of carbonyl (C=O) groups excluding carboxylic acids is 1. The monoisotopic (exact) mass is 451 g/mol. The van der Waals surface area contributed by atoms with Gasteiger partial charge in [0.05, 0.1) is 5.56 Å². The van der Waals surface area contributed by atoms with Crippen LogP contribution in [0.5, 0.6) is 11.5 Å². The van der Waals surface area contributed by atoms with Gasteiger partial charge in [0.1, 0.15) is 18.2 Å². The Kier molecular flexibility index (Phi) is 4.96. The first-order valence-electron chi connectivity index (χ1n) is 11.5. The summed E-state index contributed by atoms with van der Waals surface area (Å²) in [5, 5.41) is 1.11. The first kappa shape index (κ1) is 20.7. The van der Waals surface area contributed by atoms with Crippen molar-refractivity contribution in [2.75, 3.05) is 6.73 Å². The number of allylic oxidation sites excluding steroid dienone is 1. The quantitative estimate of drug-likeness (QED) is 0.393. The highest BCUT2D eigenvalue weighted by atomic mass is 16.5. The third kappa shape index (κ3) is 3.38. The number of fused-ring (bicyclic) bond motifs is 3. The molecule has 0 atom stereocenters. The molecule has 2 aromatic heterocycles. The lowest BCUT2D eigenvalue weighted by atomic mass is 10.00. The number of rotatable bonds is 4. The summed E-state index contributed by atoms with van der Waals surface area (Å²) in [4.78, 5) is 19.8. The van der Waals surface area contributed by atoms with Crippen LogP contribution < -0.4 is 9.47 Å². The lowest BCUT2D eigenvalue weighted by Crippen LogP contribution is -2.32. The highest BCUT2D eigenvalue weighted by Crippen LogP contribution is 2.43. The third-order valence-electron chi connectivity index (χ3n) is 6.58. The van der Waals surface area contributed by atoms with Gasteiger partial charge in [-0.15, -0.1) is 0 Å². The number of pyridine rings is 1. The molecule has 4 aromatic rings. The SMILES string of the molecule is CCn1cc(/C=C2\Oc3c(cc4c(c3C)OCN(Cc3cccnc3)C4)C2=O)c2ccccc21. The zero-order valence-corrected chi connectivity index (χ0v) is 19.2. The van der Waals surface area contributed by atoms with E-state index in [9.17, 15) is 4.79 Å². The van der Waals surface area contributed by atoms with Crippen LogP contribution in [0.15, 0.2) is 66.8 Å². The van der Waals surface area contributed by atoms with Gasteiger partial charge in [-0.2, -0.15) is 0 Å². The zero-order chi connectivity index (χ0) is 23.2. The molecule has 34 heavy (non-hydrogen) atoms. The molecule has 0 N–H and O–H groups in total. The van der Waals surface area contributed by atoms with E-state index in [2.05, 4.69) is 45.8 Å². The van der Waals surface area contributed by atoms with Crippen molar-refractivity contribution in [3.8, 4) is 11.5 Å². The van der Waals surface area contributed by atoms with E-state index in [4.69, 9.17) is 9.47 Å². The predicted molar refractivity (Wildman–Crippen MR) is 131 cm³/mol. The summed E-state index contributed by atoms with van der Waals surface area (Å²) in [7, 11) is 0. The number of hydrogen-bond donors (Lipinski definition) is 0. The van der Waals surface area contributed by atoms with Crippen molar-refractivity contribution < 1.29 is 14.3 Å². The van der Waals surface area contributed by atoms with Gasteiger partial charge in [0.15, 0.2) is 5.76 Å². The maximum Gasteiger partial charge on any atom is 0.231 e. The molecule has 4 heterocycles. The summed E-state index contributed by atoms with van der Waals surface area (Å²) in [5.74, 6) is 1.69.